The minimum atomic E-state index is -0.617. The van der Waals surface area contributed by atoms with Gasteiger partial charge >= 0.3 is 6.09 Å². The van der Waals surface area contributed by atoms with Gasteiger partial charge in [-0.2, -0.15) is 0 Å². The topological polar surface area (TPSA) is 76.7 Å². The second-order valence-electron chi connectivity index (χ2n) is 7.23. The van der Waals surface area contributed by atoms with Crippen LogP contribution in [-0.4, -0.2) is 42.9 Å². The Morgan fingerprint density at radius 2 is 1.90 bits per heavy atom. The van der Waals surface area contributed by atoms with E-state index in [1.165, 1.54) is 0 Å². The summed E-state index contributed by atoms with van der Waals surface area (Å²) in [5.41, 5.74) is -0.580. The van der Waals surface area contributed by atoms with Gasteiger partial charge in [0, 0.05) is 25.7 Å². The Bertz CT molecular complexity index is 399. The van der Waals surface area contributed by atoms with E-state index in [0.717, 1.165) is 25.2 Å². The molecular formula is C15H26N2O4. The van der Waals surface area contributed by atoms with Crippen molar-refractivity contribution in [2.24, 2.45) is 5.92 Å². The van der Waals surface area contributed by atoms with Crippen LogP contribution in [0.3, 0.4) is 0 Å². The van der Waals surface area contributed by atoms with Crippen molar-refractivity contribution in [3.8, 4) is 0 Å². The molecule has 0 saturated heterocycles. The molecule has 21 heavy (non-hydrogen) atoms. The number of carbonyl (C=O) groups excluding carboxylic acids is 2. The van der Waals surface area contributed by atoms with Crippen LogP contribution in [-0.2, 0) is 14.3 Å². The Balaban J connectivity index is 1.86. The van der Waals surface area contributed by atoms with E-state index in [4.69, 9.17) is 9.47 Å². The van der Waals surface area contributed by atoms with Crippen molar-refractivity contribution in [1.82, 2.24) is 10.6 Å². The van der Waals surface area contributed by atoms with Crippen molar-refractivity contribution < 1.29 is 19.1 Å². The van der Waals surface area contributed by atoms with E-state index in [1.54, 1.807) is 27.9 Å². The molecule has 2 amide bonds. The highest BCUT2D eigenvalue weighted by atomic mass is 16.6. The number of rotatable bonds is 6. The van der Waals surface area contributed by atoms with Crippen molar-refractivity contribution in [3.63, 3.8) is 0 Å². The van der Waals surface area contributed by atoms with Crippen LogP contribution in [0.2, 0.25) is 0 Å². The average molecular weight is 298 g/mol. The van der Waals surface area contributed by atoms with E-state index in [2.05, 4.69) is 10.6 Å². The molecule has 0 unspecified atom stereocenters. The van der Waals surface area contributed by atoms with Gasteiger partial charge in [-0.3, -0.25) is 4.79 Å². The largest absolute Gasteiger partial charge is 0.444 e. The molecule has 3 saturated carbocycles. The summed E-state index contributed by atoms with van der Waals surface area (Å²) in [5, 5.41) is 5.71. The average Bonchev–Trinajstić information content (AvgIpc) is 2.24. The fourth-order valence-electron chi connectivity index (χ4n) is 2.93. The molecule has 3 aliphatic carbocycles. The van der Waals surface area contributed by atoms with Gasteiger partial charge in [-0.1, -0.05) is 0 Å². The smallest absolute Gasteiger partial charge is 0.408 e. The van der Waals surface area contributed by atoms with Crippen molar-refractivity contribution >= 4 is 12.0 Å². The van der Waals surface area contributed by atoms with Crippen molar-refractivity contribution in [2.45, 2.75) is 63.6 Å². The summed E-state index contributed by atoms with van der Waals surface area (Å²) in [7, 11) is 1.57. The van der Waals surface area contributed by atoms with E-state index in [-0.39, 0.29) is 11.4 Å². The van der Waals surface area contributed by atoms with E-state index < -0.39 is 17.7 Å². The number of methoxy groups -OCH3 is 1. The number of hydrogen-bond donors (Lipinski definition) is 2. The summed E-state index contributed by atoms with van der Waals surface area (Å²) in [4.78, 5) is 24.2. The molecule has 0 heterocycles. The van der Waals surface area contributed by atoms with Gasteiger partial charge in [-0.05, 0) is 46.0 Å². The molecule has 0 aromatic carbocycles. The number of alkyl carbamates (subject to hydrolysis) is 1. The molecule has 0 radical (unpaired) electrons. The molecule has 3 fully saturated rings. The molecule has 0 aromatic heterocycles. The highest BCUT2D eigenvalue weighted by Gasteiger charge is 2.57. The first-order valence-electron chi connectivity index (χ1n) is 7.53. The molecule has 2 bridgehead atoms. The Morgan fingerprint density at radius 1 is 1.29 bits per heavy atom. The third kappa shape index (κ3) is 4.09. The molecule has 120 valence electrons. The van der Waals surface area contributed by atoms with Crippen molar-refractivity contribution in [1.29, 1.82) is 0 Å². The Kier molecular flexibility index (Phi) is 4.46. The van der Waals surface area contributed by atoms with Crippen LogP contribution in [0.5, 0.6) is 0 Å². The van der Waals surface area contributed by atoms with Gasteiger partial charge in [0.2, 0.25) is 5.91 Å². The second kappa shape index (κ2) is 5.83. The van der Waals surface area contributed by atoms with Crippen LogP contribution < -0.4 is 10.6 Å². The van der Waals surface area contributed by atoms with Crippen molar-refractivity contribution in [3.05, 3.63) is 0 Å². The third-order valence-corrected chi connectivity index (χ3v) is 4.04. The molecule has 0 aromatic rings. The highest BCUT2D eigenvalue weighted by molar-refractivity contribution is 5.86. The zero-order valence-corrected chi connectivity index (χ0v) is 13.3. The van der Waals surface area contributed by atoms with Gasteiger partial charge in [0.15, 0.2) is 0 Å². The fourth-order valence-corrected chi connectivity index (χ4v) is 2.93. The fraction of sp³-hybridized carbons (Fsp3) is 0.867. The predicted octanol–water partition coefficient (Wildman–Crippen LogP) is 1.58. The summed E-state index contributed by atoms with van der Waals surface area (Å²) in [6, 6.07) is -0.617. The van der Waals surface area contributed by atoms with Gasteiger partial charge in [0.05, 0.1) is 0 Å². The first kappa shape index (κ1) is 16.1. The number of ether oxygens (including phenoxy) is 2. The van der Waals surface area contributed by atoms with Crippen LogP contribution in [0.4, 0.5) is 4.79 Å². The van der Waals surface area contributed by atoms with Gasteiger partial charge in [-0.25, -0.2) is 4.79 Å². The summed E-state index contributed by atoms with van der Waals surface area (Å²) < 4.78 is 10.2. The SMILES string of the molecule is COCC[C@@H](NC(=O)OC(C)(C)C)C(=O)NC12CC(C1)C2. The van der Waals surface area contributed by atoms with Gasteiger partial charge in [0.25, 0.3) is 0 Å². The standard InChI is InChI=1S/C15H26N2O4/c1-14(2,3)21-13(19)16-11(5-6-20-4)12(18)17-15-7-10(8-15)9-15/h10-11H,5-9H2,1-4H3,(H,16,19)(H,17,18)/t10?,11-,15?/m1/s1. The Labute approximate surface area is 125 Å². The number of carbonyl (C=O) groups is 2. The zero-order chi connectivity index (χ0) is 15.7. The van der Waals surface area contributed by atoms with Gasteiger partial charge in [-0.15, -0.1) is 0 Å². The highest BCUT2D eigenvalue weighted by Crippen LogP contribution is 2.56. The minimum absolute atomic E-state index is 0.00266. The monoisotopic (exact) mass is 298 g/mol. The maximum Gasteiger partial charge on any atom is 0.408 e. The van der Waals surface area contributed by atoms with Crippen LogP contribution in [0, 0.1) is 5.92 Å². The van der Waals surface area contributed by atoms with Crippen molar-refractivity contribution in [2.75, 3.05) is 13.7 Å². The maximum atomic E-state index is 12.3. The lowest BCUT2D eigenvalue weighted by Gasteiger charge is -2.62. The molecule has 0 aliphatic heterocycles. The van der Waals surface area contributed by atoms with Crippen LogP contribution in [0.15, 0.2) is 0 Å². The summed E-state index contributed by atoms with van der Waals surface area (Å²) >= 11 is 0. The van der Waals surface area contributed by atoms with Crippen LogP contribution in [0.1, 0.15) is 46.5 Å². The first-order chi connectivity index (χ1) is 9.73. The molecule has 6 heteroatoms. The molecule has 3 aliphatic rings. The Hall–Kier alpha value is -1.30. The lowest BCUT2D eigenvalue weighted by atomic mass is 9.50. The predicted molar refractivity (Wildman–Crippen MR) is 77.9 cm³/mol. The lowest BCUT2D eigenvalue weighted by Crippen LogP contribution is -2.70. The van der Waals surface area contributed by atoms with E-state index in [9.17, 15) is 9.59 Å². The lowest BCUT2D eigenvalue weighted by molar-refractivity contribution is -0.135. The summed E-state index contributed by atoms with van der Waals surface area (Å²) in [6.07, 6.45) is 3.07. The van der Waals surface area contributed by atoms with Gasteiger partial charge in [0.1, 0.15) is 11.6 Å². The third-order valence-electron chi connectivity index (χ3n) is 4.04. The van der Waals surface area contributed by atoms with E-state index in [1.807, 2.05) is 0 Å². The van der Waals surface area contributed by atoms with E-state index >= 15 is 0 Å². The molecule has 3 rings (SSSR count). The molecule has 0 spiro atoms. The molecular weight excluding hydrogens is 272 g/mol. The maximum absolute atomic E-state index is 12.3. The van der Waals surface area contributed by atoms with Gasteiger partial charge < -0.3 is 20.1 Å². The Morgan fingerprint density at radius 3 is 2.33 bits per heavy atom. The number of amides is 2. The number of hydrogen-bond acceptors (Lipinski definition) is 4. The molecule has 1 atom stereocenters. The van der Waals surface area contributed by atoms with E-state index in [0.29, 0.717) is 13.0 Å². The number of nitrogens with one attached hydrogen (secondary N) is 2. The summed E-state index contributed by atoms with van der Waals surface area (Å²) in [6.45, 7) is 5.78. The summed E-state index contributed by atoms with van der Waals surface area (Å²) in [5.74, 6) is 0.651. The first-order valence-corrected chi connectivity index (χ1v) is 7.53. The second-order valence-corrected chi connectivity index (χ2v) is 7.23. The van der Waals surface area contributed by atoms with Crippen LogP contribution >= 0.6 is 0 Å². The van der Waals surface area contributed by atoms with Crippen LogP contribution in [0.25, 0.3) is 0 Å². The minimum Gasteiger partial charge on any atom is -0.444 e. The normalized spacial score (nSPS) is 27.9. The molecule has 2 N–H and O–H groups in total. The quantitative estimate of drug-likeness (QED) is 0.780. The zero-order valence-electron chi connectivity index (χ0n) is 13.3. The molecule has 6 nitrogen and oxygen atoms in total.